The van der Waals surface area contributed by atoms with Gasteiger partial charge in [0.2, 0.25) is 11.8 Å². The number of nitrogens with zero attached hydrogens (tertiary/aromatic N) is 1. The van der Waals surface area contributed by atoms with Crippen molar-refractivity contribution in [3.63, 3.8) is 0 Å². The normalized spacial score (nSPS) is 27.2. The first-order valence-corrected chi connectivity index (χ1v) is 8.16. The molecule has 2 aliphatic rings. The number of thioether (sulfide) groups is 2. The zero-order chi connectivity index (χ0) is 15.9. The van der Waals surface area contributed by atoms with Gasteiger partial charge in [0.15, 0.2) is 5.70 Å². The zero-order valence-electron chi connectivity index (χ0n) is 11.5. The van der Waals surface area contributed by atoms with Gasteiger partial charge >= 0.3 is 5.97 Å². The fourth-order valence-corrected chi connectivity index (χ4v) is 5.33. The van der Waals surface area contributed by atoms with Gasteiger partial charge in [-0.15, -0.1) is 11.8 Å². The molecule has 4 N–H and O–H groups in total. The first kappa shape index (κ1) is 16.2. The Morgan fingerprint density at radius 1 is 1.52 bits per heavy atom. The van der Waals surface area contributed by atoms with Crippen molar-refractivity contribution in [2.45, 2.75) is 37.0 Å². The zero-order valence-corrected chi connectivity index (χ0v) is 13.1. The van der Waals surface area contributed by atoms with Crippen LogP contribution >= 0.6 is 23.5 Å². The third-order valence-corrected chi connectivity index (χ3v) is 6.39. The molecule has 4 atom stereocenters. The minimum atomic E-state index is -1.22. The Hall–Kier alpha value is -1.19. The molecular weight excluding hydrogens is 316 g/mol. The van der Waals surface area contributed by atoms with E-state index in [-0.39, 0.29) is 5.70 Å². The highest BCUT2D eigenvalue weighted by Crippen LogP contribution is 2.54. The van der Waals surface area contributed by atoms with Crippen LogP contribution in [0.1, 0.15) is 20.3 Å². The molecule has 0 aromatic rings. The van der Waals surface area contributed by atoms with Crippen molar-refractivity contribution < 1.29 is 24.6 Å². The molecule has 3 unspecified atom stereocenters. The van der Waals surface area contributed by atoms with Crippen LogP contribution in [0.3, 0.4) is 0 Å². The van der Waals surface area contributed by atoms with Crippen LogP contribution in [0.25, 0.3) is 0 Å². The molecule has 1 saturated heterocycles. The summed E-state index contributed by atoms with van der Waals surface area (Å²) >= 11 is 2.27. The molecule has 0 bridgehead atoms. The number of rotatable bonds is 6. The van der Waals surface area contributed by atoms with Crippen LogP contribution < -0.4 is 5.73 Å². The highest BCUT2D eigenvalue weighted by atomic mass is 32.2. The van der Waals surface area contributed by atoms with Crippen LogP contribution in [-0.4, -0.2) is 49.6 Å². The Kier molecular flexibility index (Phi) is 4.54. The number of aliphatic hydroxyl groups excluding tert-OH is 1. The Balaban J connectivity index is 2.27. The molecule has 1 fully saturated rings. The fraction of sp³-hybridized carbons (Fsp3) is 0.583. The molecule has 9 heteroatoms. The lowest BCUT2D eigenvalue weighted by atomic mass is 9.92. The van der Waals surface area contributed by atoms with Crippen LogP contribution in [0, 0.1) is 5.92 Å². The van der Waals surface area contributed by atoms with Crippen molar-refractivity contribution in [1.82, 2.24) is 4.90 Å². The van der Waals surface area contributed by atoms with Crippen molar-refractivity contribution in [3.05, 3.63) is 9.93 Å². The lowest BCUT2D eigenvalue weighted by Crippen LogP contribution is -2.60. The molecule has 2 amide bonds. The second kappa shape index (κ2) is 5.90. The van der Waals surface area contributed by atoms with E-state index in [1.165, 1.54) is 23.6 Å². The van der Waals surface area contributed by atoms with Crippen LogP contribution in [0.5, 0.6) is 0 Å². The van der Waals surface area contributed by atoms with Gasteiger partial charge < -0.3 is 15.9 Å². The lowest BCUT2D eigenvalue weighted by molar-refractivity contribution is -0.156. The van der Waals surface area contributed by atoms with Crippen molar-refractivity contribution in [2.75, 3.05) is 0 Å². The average molecular weight is 332 g/mol. The van der Waals surface area contributed by atoms with Gasteiger partial charge in [0, 0.05) is 0 Å². The molecule has 0 spiro atoms. The number of aliphatic hydroxyl groups is 1. The molecule has 2 aliphatic heterocycles. The molecule has 0 aliphatic carbocycles. The number of fused-ring (bicyclic) bond motifs is 1. The maximum absolute atomic E-state index is 12.0. The summed E-state index contributed by atoms with van der Waals surface area (Å²) in [4.78, 5) is 35.9. The first-order valence-electron chi connectivity index (χ1n) is 6.40. The van der Waals surface area contributed by atoms with Crippen molar-refractivity contribution in [2.24, 2.45) is 11.7 Å². The van der Waals surface area contributed by atoms with Crippen LogP contribution in [-0.2, 0) is 14.4 Å². The average Bonchev–Trinajstić information content (AvgIpc) is 2.69. The number of β-lactam (4-membered cyclic amide) rings is 1. The van der Waals surface area contributed by atoms with Crippen molar-refractivity contribution in [1.29, 1.82) is 0 Å². The smallest absolute Gasteiger partial charge is 0.354 e. The number of hydrogen-bond donors (Lipinski definition) is 3. The van der Waals surface area contributed by atoms with E-state index in [0.29, 0.717) is 10.7 Å². The maximum Gasteiger partial charge on any atom is 0.354 e. The highest BCUT2D eigenvalue weighted by Gasteiger charge is 2.58. The fourth-order valence-electron chi connectivity index (χ4n) is 2.30. The summed E-state index contributed by atoms with van der Waals surface area (Å²) in [5.41, 5.74) is 5.16. The van der Waals surface area contributed by atoms with E-state index >= 15 is 0 Å². The number of aliphatic carboxylic acids is 1. The quantitative estimate of drug-likeness (QED) is 0.592. The summed E-state index contributed by atoms with van der Waals surface area (Å²) in [5, 5.41) is 18.0. The van der Waals surface area contributed by atoms with Crippen LogP contribution in [0.15, 0.2) is 9.93 Å². The Bertz CT molecular complexity index is 534. The van der Waals surface area contributed by atoms with Crippen LogP contribution in [0.2, 0.25) is 0 Å². The summed E-state index contributed by atoms with van der Waals surface area (Å²) in [6.45, 7) is 3.28. The van der Waals surface area contributed by atoms with Crippen LogP contribution in [0.4, 0.5) is 0 Å². The van der Waals surface area contributed by atoms with E-state index in [1.807, 2.05) is 0 Å². The Morgan fingerprint density at radius 3 is 2.57 bits per heavy atom. The third-order valence-electron chi connectivity index (χ3n) is 3.41. The number of carboxylic acid groups (broad SMARTS) is 1. The third kappa shape index (κ3) is 2.65. The molecular formula is C12H16N2O5S2. The van der Waals surface area contributed by atoms with E-state index in [2.05, 4.69) is 0 Å². The second-order valence-corrected chi connectivity index (χ2v) is 7.44. The number of nitrogens with two attached hydrogens (primary N) is 1. The van der Waals surface area contributed by atoms with Gasteiger partial charge in [0.05, 0.1) is 21.5 Å². The lowest BCUT2D eigenvalue weighted by Gasteiger charge is -2.43. The summed E-state index contributed by atoms with van der Waals surface area (Å²) in [6, 6.07) is 0. The van der Waals surface area contributed by atoms with Gasteiger partial charge in [-0.1, -0.05) is 18.7 Å². The number of hydrogen-bond acceptors (Lipinski definition) is 6. The van der Waals surface area contributed by atoms with Gasteiger partial charge in [0.1, 0.15) is 5.37 Å². The molecule has 0 aromatic carbocycles. The highest BCUT2D eigenvalue weighted by molar-refractivity contribution is 8.23. The summed E-state index contributed by atoms with van der Waals surface area (Å²) in [7, 11) is 0. The van der Waals surface area contributed by atoms with Gasteiger partial charge in [-0.3, -0.25) is 14.5 Å². The minimum absolute atomic E-state index is 0.114. The van der Waals surface area contributed by atoms with E-state index < -0.39 is 40.4 Å². The van der Waals surface area contributed by atoms with E-state index in [0.717, 1.165) is 11.8 Å². The predicted molar refractivity (Wildman–Crippen MR) is 78.9 cm³/mol. The monoisotopic (exact) mass is 332 g/mol. The topological polar surface area (TPSA) is 121 Å². The van der Waals surface area contributed by atoms with Crippen molar-refractivity contribution >= 4 is 41.3 Å². The molecule has 0 radical (unpaired) electrons. The van der Waals surface area contributed by atoms with E-state index in [9.17, 15) is 24.6 Å². The summed E-state index contributed by atoms with van der Waals surface area (Å²) < 4.78 is 0.398. The largest absolute Gasteiger partial charge is 0.477 e. The first-order chi connectivity index (χ1) is 9.79. The minimum Gasteiger partial charge on any atom is -0.477 e. The Morgan fingerprint density at radius 2 is 2.14 bits per heavy atom. The summed E-state index contributed by atoms with van der Waals surface area (Å²) in [5.74, 6) is -2.75. The summed E-state index contributed by atoms with van der Waals surface area (Å²) in [6.07, 6.45) is -0.376. The standard InChI is InChI=1S/C12H16N2O5S2/c1-3-5(8(13)16)20-12-7(11(18)19)14-9(17)6(4(2)15)10(14)21-12/h4-6,10,15H,3H2,1-2H3,(H2,13,16)(H,18,19)/t4?,5?,6?,10-/m1/s1. The molecule has 0 aromatic heterocycles. The van der Waals surface area contributed by atoms with Gasteiger partial charge in [-0.05, 0) is 13.3 Å². The molecule has 116 valence electrons. The number of carboxylic acids is 1. The SMILES string of the molecule is CCC(SC1=C(C(=O)O)N2C(=O)C(C(C)O)[C@H]2S1)C(N)=O. The number of carbonyl (C=O) groups excluding carboxylic acids is 2. The predicted octanol–water partition coefficient (Wildman–Crippen LogP) is 0.149. The van der Waals surface area contributed by atoms with E-state index in [4.69, 9.17) is 5.73 Å². The van der Waals surface area contributed by atoms with Crippen molar-refractivity contribution in [3.8, 4) is 0 Å². The Labute approximate surface area is 129 Å². The molecule has 2 rings (SSSR count). The number of carbonyl (C=O) groups is 3. The maximum atomic E-state index is 12.0. The molecule has 2 heterocycles. The molecule has 7 nitrogen and oxygen atoms in total. The molecule has 0 saturated carbocycles. The van der Waals surface area contributed by atoms with Gasteiger partial charge in [-0.25, -0.2) is 4.79 Å². The number of amides is 2. The van der Waals surface area contributed by atoms with E-state index in [1.54, 1.807) is 6.92 Å². The van der Waals surface area contributed by atoms with Gasteiger partial charge in [-0.2, -0.15) is 0 Å². The van der Waals surface area contributed by atoms with Gasteiger partial charge in [0.25, 0.3) is 0 Å². The molecule has 21 heavy (non-hydrogen) atoms. The number of primary amides is 1. The second-order valence-electron chi connectivity index (χ2n) is 4.84.